The van der Waals surface area contributed by atoms with Gasteiger partial charge in [-0.2, -0.15) is 0 Å². The van der Waals surface area contributed by atoms with Gasteiger partial charge in [-0.1, -0.05) is 46.8 Å². The molecule has 1 unspecified atom stereocenters. The highest BCUT2D eigenvalue weighted by molar-refractivity contribution is 8.01. The van der Waals surface area contributed by atoms with Crippen LogP contribution in [-0.4, -0.2) is 53.0 Å². The minimum absolute atomic E-state index is 0.0767. The second kappa shape index (κ2) is 8.68. The van der Waals surface area contributed by atoms with Crippen LogP contribution in [0.3, 0.4) is 0 Å². The molecule has 0 aromatic heterocycles. The number of piperidine rings is 1. The van der Waals surface area contributed by atoms with Crippen molar-refractivity contribution in [3.8, 4) is 0 Å². The van der Waals surface area contributed by atoms with Crippen LogP contribution < -0.4 is 10.6 Å². The van der Waals surface area contributed by atoms with Crippen LogP contribution in [0.25, 0.3) is 0 Å². The van der Waals surface area contributed by atoms with E-state index in [4.69, 9.17) is 0 Å². The number of thioether (sulfide) groups is 1. The lowest BCUT2D eigenvalue weighted by Gasteiger charge is -2.39. The Balaban J connectivity index is 1.54. The summed E-state index contributed by atoms with van der Waals surface area (Å²) in [7, 11) is 0. The third-order valence-corrected chi connectivity index (χ3v) is 7.40. The van der Waals surface area contributed by atoms with E-state index in [0.717, 1.165) is 37.2 Å². The number of hydrogen-bond donors (Lipinski definition) is 2. The maximum atomic E-state index is 12.9. The van der Waals surface area contributed by atoms with Gasteiger partial charge in [0, 0.05) is 31.0 Å². The minimum Gasteiger partial charge on any atom is -0.354 e. The van der Waals surface area contributed by atoms with Crippen molar-refractivity contribution in [1.29, 1.82) is 0 Å². The van der Waals surface area contributed by atoms with Crippen LogP contribution in [0.1, 0.15) is 63.4 Å². The zero-order chi connectivity index (χ0) is 21.2. The number of likely N-dealkylation sites (tertiary alicyclic amines) is 1. The summed E-state index contributed by atoms with van der Waals surface area (Å²) in [5.74, 6) is 1.45. The van der Waals surface area contributed by atoms with E-state index in [1.807, 2.05) is 28.8 Å². The standard InChI is InChI=1S/C23H35N3O2S/c1-16(2)14-24-20(27)19-15-29-23(25-19)10-12-26(13-11-23)21(28)17-6-8-18(9-7-17)22(3,4)5/h6-9,16,19,25H,10-15H2,1-5H3,(H,24,27). The smallest absolute Gasteiger partial charge is 0.253 e. The topological polar surface area (TPSA) is 61.4 Å². The average molecular weight is 418 g/mol. The Morgan fingerprint density at radius 1 is 1.21 bits per heavy atom. The summed E-state index contributed by atoms with van der Waals surface area (Å²) in [5.41, 5.74) is 2.08. The monoisotopic (exact) mass is 417 g/mol. The van der Waals surface area contributed by atoms with Crippen LogP contribution in [0.2, 0.25) is 0 Å². The van der Waals surface area contributed by atoms with E-state index in [1.54, 1.807) is 0 Å². The van der Waals surface area contributed by atoms with Crippen molar-refractivity contribution in [2.75, 3.05) is 25.4 Å². The summed E-state index contributed by atoms with van der Waals surface area (Å²) >= 11 is 1.84. The molecule has 160 valence electrons. The molecule has 1 spiro atoms. The number of hydrogen-bond acceptors (Lipinski definition) is 4. The van der Waals surface area contributed by atoms with Crippen molar-refractivity contribution in [1.82, 2.24) is 15.5 Å². The summed E-state index contributed by atoms with van der Waals surface area (Å²) in [6.45, 7) is 12.9. The Morgan fingerprint density at radius 3 is 2.38 bits per heavy atom. The van der Waals surface area contributed by atoms with Crippen LogP contribution in [0, 0.1) is 5.92 Å². The van der Waals surface area contributed by atoms with Crippen LogP contribution >= 0.6 is 11.8 Å². The van der Waals surface area contributed by atoms with Gasteiger partial charge in [-0.15, -0.1) is 11.8 Å². The van der Waals surface area contributed by atoms with Gasteiger partial charge in [0.15, 0.2) is 0 Å². The molecule has 3 rings (SSSR count). The van der Waals surface area contributed by atoms with Gasteiger partial charge in [-0.05, 0) is 41.9 Å². The molecule has 1 atom stereocenters. The average Bonchev–Trinajstić information content (AvgIpc) is 3.09. The highest BCUT2D eigenvalue weighted by Crippen LogP contribution is 2.39. The molecule has 6 heteroatoms. The third-order valence-electron chi connectivity index (χ3n) is 5.82. The molecule has 1 aromatic rings. The summed E-state index contributed by atoms with van der Waals surface area (Å²) in [5, 5.41) is 6.60. The number of amides is 2. The first kappa shape index (κ1) is 22.2. The summed E-state index contributed by atoms with van der Waals surface area (Å²) in [6, 6.07) is 7.89. The molecule has 2 amide bonds. The van der Waals surface area contributed by atoms with Crippen molar-refractivity contribution >= 4 is 23.6 Å². The fraction of sp³-hybridized carbons (Fsp3) is 0.652. The van der Waals surface area contributed by atoms with E-state index in [2.05, 4.69) is 57.4 Å². The molecular weight excluding hydrogens is 382 g/mol. The van der Waals surface area contributed by atoms with E-state index in [9.17, 15) is 9.59 Å². The van der Waals surface area contributed by atoms with E-state index in [0.29, 0.717) is 12.5 Å². The van der Waals surface area contributed by atoms with Crippen molar-refractivity contribution in [2.45, 2.75) is 63.8 Å². The van der Waals surface area contributed by atoms with Gasteiger partial charge < -0.3 is 10.2 Å². The Kier molecular flexibility index (Phi) is 6.64. The number of rotatable bonds is 4. The fourth-order valence-electron chi connectivity index (χ4n) is 3.87. The zero-order valence-electron chi connectivity index (χ0n) is 18.4. The summed E-state index contributed by atoms with van der Waals surface area (Å²) in [6.07, 6.45) is 1.74. The normalized spacial score (nSPS) is 21.6. The van der Waals surface area contributed by atoms with E-state index in [1.165, 1.54) is 5.56 Å². The van der Waals surface area contributed by atoms with Gasteiger partial charge >= 0.3 is 0 Å². The van der Waals surface area contributed by atoms with E-state index >= 15 is 0 Å². The fourth-order valence-corrected chi connectivity index (χ4v) is 5.29. The largest absolute Gasteiger partial charge is 0.354 e. The molecule has 0 radical (unpaired) electrons. The van der Waals surface area contributed by atoms with Crippen LogP contribution in [-0.2, 0) is 10.2 Å². The molecule has 29 heavy (non-hydrogen) atoms. The highest BCUT2D eigenvalue weighted by Gasteiger charge is 2.44. The predicted octanol–water partition coefficient (Wildman–Crippen LogP) is 3.39. The maximum absolute atomic E-state index is 12.9. The van der Waals surface area contributed by atoms with Crippen LogP contribution in [0.15, 0.2) is 24.3 Å². The quantitative estimate of drug-likeness (QED) is 0.788. The molecule has 5 nitrogen and oxygen atoms in total. The molecule has 2 saturated heterocycles. The van der Waals surface area contributed by atoms with Gasteiger partial charge in [-0.25, -0.2) is 0 Å². The lowest BCUT2D eigenvalue weighted by molar-refractivity contribution is -0.122. The highest BCUT2D eigenvalue weighted by atomic mass is 32.2. The molecular formula is C23H35N3O2S. The number of carbonyl (C=O) groups is 2. The van der Waals surface area contributed by atoms with Gasteiger partial charge in [-0.3, -0.25) is 14.9 Å². The molecule has 2 N–H and O–H groups in total. The Hall–Kier alpha value is -1.53. The second-order valence-corrected chi connectivity index (χ2v) is 11.2. The Bertz CT molecular complexity index is 731. The van der Waals surface area contributed by atoms with Crippen molar-refractivity contribution in [3.05, 3.63) is 35.4 Å². The zero-order valence-corrected chi connectivity index (χ0v) is 19.2. The Labute approximate surface area is 179 Å². The van der Waals surface area contributed by atoms with Crippen molar-refractivity contribution in [2.24, 2.45) is 5.92 Å². The molecule has 1 aromatic carbocycles. The predicted molar refractivity (Wildman–Crippen MR) is 120 cm³/mol. The molecule has 2 aliphatic heterocycles. The van der Waals surface area contributed by atoms with Crippen LogP contribution in [0.4, 0.5) is 0 Å². The second-order valence-electron chi connectivity index (χ2n) is 9.76. The maximum Gasteiger partial charge on any atom is 0.253 e. The number of carbonyl (C=O) groups excluding carboxylic acids is 2. The molecule has 0 aliphatic carbocycles. The number of benzene rings is 1. The molecule has 0 bridgehead atoms. The van der Waals surface area contributed by atoms with E-state index in [-0.39, 0.29) is 28.1 Å². The van der Waals surface area contributed by atoms with Crippen molar-refractivity contribution in [3.63, 3.8) is 0 Å². The lowest BCUT2D eigenvalue weighted by Crippen LogP contribution is -2.54. The minimum atomic E-state index is -0.133. The summed E-state index contributed by atoms with van der Waals surface area (Å²) in [4.78, 5) is 27.2. The van der Waals surface area contributed by atoms with Crippen molar-refractivity contribution < 1.29 is 9.59 Å². The van der Waals surface area contributed by atoms with Gasteiger partial charge in [0.25, 0.3) is 5.91 Å². The Morgan fingerprint density at radius 2 is 1.83 bits per heavy atom. The number of nitrogens with zero attached hydrogens (tertiary/aromatic N) is 1. The van der Waals surface area contributed by atoms with Crippen LogP contribution in [0.5, 0.6) is 0 Å². The lowest BCUT2D eigenvalue weighted by atomic mass is 9.86. The SMILES string of the molecule is CC(C)CNC(=O)C1CSC2(CCN(C(=O)c3ccc(C(C)(C)C)cc3)CC2)N1. The first-order valence-electron chi connectivity index (χ1n) is 10.7. The molecule has 2 heterocycles. The third kappa shape index (κ3) is 5.34. The summed E-state index contributed by atoms with van der Waals surface area (Å²) < 4.78 is 0. The van der Waals surface area contributed by atoms with Gasteiger partial charge in [0.05, 0.1) is 10.9 Å². The molecule has 2 fully saturated rings. The van der Waals surface area contributed by atoms with E-state index < -0.39 is 0 Å². The molecule has 0 saturated carbocycles. The van der Waals surface area contributed by atoms with Gasteiger partial charge in [0.1, 0.15) is 0 Å². The van der Waals surface area contributed by atoms with Gasteiger partial charge in [0.2, 0.25) is 5.91 Å². The first-order chi connectivity index (χ1) is 13.6. The molecule has 2 aliphatic rings. The first-order valence-corrected chi connectivity index (χ1v) is 11.7. The number of nitrogens with one attached hydrogen (secondary N) is 2.